The number of methoxy groups -OCH3 is 1. The summed E-state index contributed by atoms with van der Waals surface area (Å²) in [5.74, 6) is 1.44. The lowest BCUT2D eigenvalue weighted by atomic mass is 9.92. The Hall–Kier alpha value is -1.28. The van der Waals surface area contributed by atoms with Gasteiger partial charge in [0.1, 0.15) is 5.75 Å². The average Bonchev–Trinajstić information content (AvgIpc) is 2.35. The highest BCUT2D eigenvalue weighted by Gasteiger charge is 2.12. The van der Waals surface area contributed by atoms with E-state index >= 15 is 0 Å². The molecule has 0 N–H and O–H groups in total. The van der Waals surface area contributed by atoms with Gasteiger partial charge in [0.05, 0.1) is 7.11 Å². The predicted octanol–water partition coefficient (Wildman–Crippen LogP) is 3.69. The van der Waals surface area contributed by atoms with Crippen LogP contribution in [-0.4, -0.2) is 32.6 Å². The Morgan fingerprint density at radius 3 is 2.67 bits per heavy atom. The Morgan fingerprint density at radius 1 is 1.39 bits per heavy atom. The van der Waals surface area contributed by atoms with Crippen LogP contribution in [0, 0.1) is 5.92 Å². The standard InChI is InChI=1S/C16H25NO/c1-6-8-16(13(2)12-17(3)4)14-9-7-10-15(11-14)18-5/h7-11,13H,6,12H2,1-5H3/b16-8-/t13-/m0/s1. The summed E-state index contributed by atoms with van der Waals surface area (Å²) in [6, 6.07) is 8.33. The maximum Gasteiger partial charge on any atom is 0.119 e. The van der Waals surface area contributed by atoms with Crippen molar-refractivity contribution < 1.29 is 4.74 Å². The van der Waals surface area contributed by atoms with Crippen molar-refractivity contribution in [2.45, 2.75) is 20.3 Å². The highest BCUT2D eigenvalue weighted by atomic mass is 16.5. The molecule has 0 radical (unpaired) electrons. The fourth-order valence-corrected chi connectivity index (χ4v) is 2.27. The van der Waals surface area contributed by atoms with Crippen LogP contribution >= 0.6 is 0 Å². The second kappa shape index (κ2) is 7.22. The summed E-state index contributed by atoms with van der Waals surface area (Å²) >= 11 is 0. The number of hydrogen-bond acceptors (Lipinski definition) is 2. The first-order chi connectivity index (χ1) is 8.58. The van der Waals surface area contributed by atoms with E-state index in [2.05, 4.69) is 57.1 Å². The number of nitrogens with zero attached hydrogens (tertiary/aromatic N) is 1. The van der Waals surface area contributed by atoms with Gasteiger partial charge in [-0.15, -0.1) is 0 Å². The summed E-state index contributed by atoms with van der Waals surface area (Å²) in [6.07, 6.45) is 3.38. The van der Waals surface area contributed by atoms with Gasteiger partial charge in [-0.2, -0.15) is 0 Å². The molecule has 0 saturated carbocycles. The first-order valence-corrected chi connectivity index (χ1v) is 6.57. The van der Waals surface area contributed by atoms with E-state index in [9.17, 15) is 0 Å². The molecule has 0 aliphatic heterocycles. The largest absolute Gasteiger partial charge is 0.497 e. The third-order valence-corrected chi connectivity index (χ3v) is 3.00. The van der Waals surface area contributed by atoms with E-state index < -0.39 is 0 Å². The molecule has 0 spiro atoms. The van der Waals surface area contributed by atoms with Crippen LogP contribution in [0.2, 0.25) is 0 Å². The van der Waals surface area contributed by atoms with E-state index in [0.717, 1.165) is 18.7 Å². The summed E-state index contributed by atoms with van der Waals surface area (Å²) in [7, 11) is 5.95. The van der Waals surface area contributed by atoms with E-state index in [4.69, 9.17) is 4.74 Å². The van der Waals surface area contributed by atoms with Crippen molar-refractivity contribution in [3.63, 3.8) is 0 Å². The van der Waals surface area contributed by atoms with Crippen molar-refractivity contribution in [2.75, 3.05) is 27.7 Å². The molecule has 2 heteroatoms. The van der Waals surface area contributed by atoms with E-state index in [0.29, 0.717) is 5.92 Å². The number of rotatable bonds is 6. The highest BCUT2D eigenvalue weighted by Crippen LogP contribution is 2.27. The zero-order valence-corrected chi connectivity index (χ0v) is 12.2. The third kappa shape index (κ3) is 4.19. The van der Waals surface area contributed by atoms with Gasteiger partial charge in [-0.25, -0.2) is 0 Å². The van der Waals surface area contributed by atoms with Gasteiger partial charge < -0.3 is 9.64 Å². The van der Waals surface area contributed by atoms with Crippen molar-refractivity contribution in [1.82, 2.24) is 4.90 Å². The highest BCUT2D eigenvalue weighted by molar-refractivity contribution is 5.68. The quantitative estimate of drug-likeness (QED) is 0.760. The summed E-state index contributed by atoms with van der Waals surface area (Å²) in [4.78, 5) is 2.23. The summed E-state index contributed by atoms with van der Waals surface area (Å²) in [6.45, 7) is 5.52. The minimum absolute atomic E-state index is 0.520. The van der Waals surface area contributed by atoms with Gasteiger partial charge in [0.25, 0.3) is 0 Å². The van der Waals surface area contributed by atoms with Crippen molar-refractivity contribution in [2.24, 2.45) is 5.92 Å². The minimum Gasteiger partial charge on any atom is -0.497 e. The Labute approximate surface area is 111 Å². The molecule has 0 aromatic heterocycles. The molecule has 0 unspecified atom stereocenters. The molecule has 1 rings (SSSR count). The molecule has 18 heavy (non-hydrogen) atoms. The zero-order valence-electron chi connectivity index (χ0n) is 12.2. The van der Waals surface area contributed by atoms with Crippen LogP contribution < -0.4 is 4.74 Å². The average molecular weight is 247 g/mol. The molecule has 0 amide bonds. The third-order valence-electron chi connectivity index (χ3n) is 3.00. The lowest BCUT2D eigenvalue weighted by Crippen LogP contribution is -2.20. The smallest absolute Gasteiger partial charge is 0.119 e. The molecule has 100 valence electrons. The first-order valence-electron chi connectivity index (χ1n) is 6.57. The van der Waals surface area contributed by atoms with Crippen LogP contribution in [0.3, 0.4) is 0 Å². The zero-order chi connectivity index (χ0) is 13.5. The SMILES string of the molecule is CC/C=C(\c1cccc(OC)c1)[C@@H](C)CN(C)C. The van der Waals surface area contributed by atoms with Gasteiger partial charge in [-0.3, -0.25) is 0 Å². The fraction of sp³-hybridized carbons (Fsp3) is 0.500. The normalized spacial score (nSPS) is 13.8. The van der Waals surface area contributed by atoms with E-state index in [1.165, 1.54) is 11.1 Å². The van der Waals surface area contributed by atoms with Crippen LogP contribution in [0.15, 0.2) is 30.3 Å². The van der Waals surface area contributed by atoms with Crippen LogP contribution in [0.4, 0.5) is 0 Å². The summed E-state index contributed by atoms with van der Waals surface area (Å²) < 4.78 is 5.31. The second-order valence-corrected chi connectivity index (χ2v) is 4.96. The summed E-state index contributed by atoms with van der Waals surface area (Å²) in [5, 5.41) is 0. The summed E-state index contributed by atoms with van der Waals surface area (Å²) in [5.41, 5.74) is 2.68. The van der Waals surface area contributed by atoms with Gasteiger partial charge in [-0.05, 0) is 49.7 Å². The topological polar surface area (TPSA) is 12.5 Å². The fourth-order valence-electron chi connectivity index (χ4n) is 2.27. The number of benzene rings is 1. The molecule has 1 atom stereocenters. The monoisotopic (exact) mass is 247 g/mol. The molecular formula is C16H25NO. The van der Waals surface area contributed by atoms with E-state index in [-0.39, 0.29) is 0 Å². The van der Waals surface area contributed by atoms with Crippen molar-refractivity contribution >= 4 is 5.57 Å². The van der Waals surface area contributed by atoms with E-state index in [1.54, 1.807) is 7.11 Å². The maximum atomic E-state index is 5.31. The molecule has 0 heterocycles. The Balaban J connectivity index is 3.00. The Morgan fingerprint density at radius 2 is 2.11 bits per heavy atom. The van der Waals surface area contributed by atoms with Crippen LogP contribution in [0.5, 0.6) is 5.75 Å². The molecule has 0 aliphatic rings. The van der Waals surface area contributed by atoms with Gasteiger partial charge in [0.2, 0.25) is 0 Å². The molecule has 0 aliphatic carbocycles. The number of hydrogen-bond donors (Lipinski definition) is 0. The minimum atomic E-state index is 0.520. The van der Waals surface area contributed by atoms with Crippen LogP contribution in [0.1, 0.15) is 25.8 Å². The molecule has 2 nitrogen and oxygen atoms in total. The van der Waals surface area contributed by atoms with Crippen molar-refractivity contribution in [1.29, 1.82) is 0 Å². The van der Waals surface area contributed by atoms with Gasteiger partial charge in [0.15, 0.2) is 0 Å². The molecule has 0 fully saturated rings. The molecule has 1 aromatic carbocycles. The number of ether oxygens (including phenoxy) is 1. The van der Waals surface area contributed by atoms with Crippen molar-refractivity contribution in [3.8, 4) is 5.75 Å². The Kier molecular flexibility index (Phi) is 5.93. The lowest BCUT2D eigenvalue weighted by molar-refractivity contribution is 0.375. The second-order valence-electron chi connectivity index (χ2n) is 4.96. The van der Waals surface area contributed by atoms with Gasteiger partial charge in [0, 0.05) is 6.54 Å². The Bertz CT molecular complexity index is 396. The maximum absolute atomic E-state index is 5.31. The molecule has 0 bridgehead atoms. The first kappa shape index (κ1) is 14.8. The van der Waals surface area contributed by atoms with E-state index in [1.807, 2.05) is 6.07 Å². The number of allylic oxidation sites excluding steroid dienone is 1. The van der Waals surface area contributed by atoms with Gasteiger partial charge in [-0.1, -0.05) is 32.1 Å². The van der Waals surface area contributed by atoms with Crippen molar-refractivity contribution in [3.05, 3.63) is 35.9 Å². The molecular weight excluding hydrogens is 222 g/mol. The van der Waals surface area contributed by atoms with Crippen LogP contribution in [-0.2, 0) is 0 Å². The molecule has 1 aromatic rings. The lowest BCUT2D eigenvalue weighted by Gasteiger charge is -2.21. The predicted molar refractivity (Wildman–Crippen MR) is 79.0 cm³/mol. The molecule has 0 saturated heterocycles. The van der Waals surface area contributed by atoms with Gasteiger partial charge >= 0.3 is 0 Å². The van der Waals surface area contributed by atoms with Crippen LogP contribution in [0.25, 0.3) is 5.57 Å².